The second-order valence-electron chi connectivity index (χ2n) is 7.34. The van der Waals surface area contributed by atoms with Crippen LogP contribution in [-0.2, 0) is 9.47 Å². The zero-order valence-electron chi connectivity index (χ0n) is 15.6. The van der Waals surface area contributed by atoms with E-state index in [1.165, 1.54) is 0 Å². The third-order valence-corrected chi connectivity index (χ3v) is 5.18. The van der Waals surface area contributed by atoms with Crippen molar-refractivity contribution in [2.24, 2.45) is 0 Å². The average Bonchev–Trinajstić information content (AvgIpc) is 2.67. The normalized spacial score (nSPS) is 44.1. The van der Waals surface area contributed by atoms with Crippen molar-refractivity contribution in [2.45, 2.75) is 75.1 Å². The lowest BCUT2D eigenvalue weighted by atomic mass is 9.98. The maximum atomic E-state index is 10.1. The van der Waals surface area contributed by atoms with E-state index >= 15 is 0 Å². The fourth-order valence-electron chi connectivity index (χ4n) is 3.37. The van der Waals surface area contributed by atoms with E-state index < -0.39 is 61.3 Å². The number of hydrogen-bond acceptors (Lipinski definition) is 10. The van der Waals surface area contributed by atoms with Crippen molar-refractivity contribution in [1.29, 1.82) is 0 Å². The first-order valence-electron chi connectivity index (χ1n) is 9.21. The Hall–Kier alpha value is -1.50. The van der Waals surface area contributed by atoms with Gasteiger partial charge in [0.25, 0.3) is 0 Å². The van der Waals surface area contributed by atoms with Crippen LogP contribution in [0.2, 0.25) is 0 Å². The van der Waals surface area contributed by atoms with E-state index in [0.717, 1.165) is 0 Å². The Kier molecular flexibility index (Phi) is 6.42. The number of aliphatic hydroxyl groups is 6. The molecule has 158 valence electrons. The summed E-state index contributed by atoms with van der Waals surface area (Å²) in [6, 6.07) is 6.79. The monoisotopic (exact) mass is 400 g/mol. The maximum absolute atomic E-state index is 10.1. The highest BCUT2D eigenvalue weighted by Crippen LogP contribution is 2.26. The minimum absolute atomic E-state index is 0.545. The highest BCUT2D eigenvalue weighted by Gasteiger charge is 2.43. The third-order valence-electron chi connectivity index (χ3n) is 5.18. The van der Waals surface area contributed by atoms with E-state index in [9.17, 15) is 30.6 Å². The summed E-state index contributed by atoms with van der Waals surface area (Å²) in [5.41, 5.74) is 1.09. The summed E-state index contributed by atoms with van der Waals surface area (Å²) in [6.07, 6.45) is -10.9. The zero-order chi connectivity index (χ0) is 20.6. The second kappa shape index (κ2) is 8.47. The van der Waals surface area contributed by atoms with Crippen molar-refractivity contribution in [3.63, 3.8) is 0 Å². The van der Waals surface area contributed by atoms with Gasteiger partial charge in [0.1, 0.15) is 36.6 Å². The molecule has 0 bridgehead atoms. The van der Waals surface area contributed by atoms with Gasteiger partial charge in [-0.05, 0) is 32.0 Å². The molecule has 2 aliphatic heterocycles. The molecule has 1 aromatic carbocycles. The largest absolute Gasteiger partial charge is 0.388 e. The van der Waals surface area contributed by atoms with Crippen molar-refractivity contribution < 1.29 is 40.1 Å². The molecule has 10 atom stereocenters. The van der Waals surface area contributed by atoms with Crippen molar-refractivity contribution in [1.82, 2.24) is 0 Å². The molecule has 0 aliphatic carbocycles. The predicted octanol–water partition coefficient (Wildman–Crippen LogP) is -1.83. The van der Waals surface area contributed by atoms with Gasteiger partial charge in [0, 0.05) is 11.4 Å². The lowest BCUT2D eigenvalue weighted by Gasteiger charge is -2.40. The fourth-order valence-corrected chi connectivity index (χ4v) is 3.37. The van der Waals surface area contributed by atoms with Crippen molar-refractivity contribution in [3.8, 4) is 0 Å². The molecular weight excluding hydrogens is 372 g/mol. The topological polar surface area (TPSA) is 164 Å². The van der Waals surface area contributed by atoms with Crippen molar-refractivity contribution in [3.05, 3.63) is 24.3 Å². The lowest BCUT2D eigenvalue weighted by molar-refractivity contribution is -0.209. The Balaban J connectivity index is 1.67. The van der Waals surface area contributed by atoms with Gasteiger partial charge in [-0.25, -0.2) is 0 Å². The molecule has 2 fully saturated rings. The van der Waals surface area contributed by atoms with Gasteiger partial charge in [-0.15, -0.1) is 0 Å². The molecule has 3 rings (SSSR count). The van der Waals surface area contributed by atoms with E-state index in [1.807, 2.05) is 0 Å². The predicted molar refractivity (Wildman–Crippen MR) is 98.4 cm³/mol. The average molecular weight is 400 g/mol. The van der Waals surface area contributed by atoms with Crippen LogP contribution in [0.5, 0.6) is 0 Å². The summed E-state index contributed by atoms with van der Waals surface area (Å²) in [6.45, 7) is 3.18. The molecule has 0 radical (unpaired) electrons. The van der Waals surface area contributed by atoms with E-state index in [1.54, 1.807) is 38.1 Å². The third kappa shape index (κ3) is 4.24. The molecule has 2 heterocycles. The van der Waals surface area contributed by atoms with Crippen LogP contribution in [0.15, 0.2) is 24.3 Å². The van der Waals surface area contributed by atoms with E-state index in [2.05, 4.69) is 10.6 Å². The minimum atomic E-state index is -1.34. The molecule has 10 heteroatoms. The second-order valence-corrected chi connectivity index (χ2v) is 7.34. The van der Waals surface area contributed by atoms with Crippen LogP contribution >= 0.6 is 0 Å². The molecule has 1 aromatic rings. The van der Waals surface area contributed by atoms with Crippen LogP contribution < -0.4 is 10.6 Å². The molecule has 8 N–H and O–H groups in total. The number of nitrogens with one attached hydrogen (secondary N) is 2. The van der Waals surface area contributed by atoms with E-state index in [4.69, 9.17) is 9.47 Å². The van der Waals surface area contributed by atoms with Gasteiger partial charge in [0.2, 0.25) is 0 Å². The molecule has 0 saturated carbocycles. The van der Waals surface area contributed by atoms with Crippen LogP contribution in [0.4, 0.5) is 11.4 Å². The van der Waals surface area contributed by atoms with Gasteiger partial charge in [-0.1, -0.05) is 6.07 Å². The number of anilines is 2. The highest BCUT2D eigenvalue weighted by molar-refractivity contribution is 5.57. The van der Waals surface area contributed by atoms with E-state index in [-0.39, 0.29) is 0 Å². The van der Waals surface area contributed by atoms with Crippen LogP contribution in [0, 0.1) is 0 Å². The minimum Gasteiger partial charge on any atom is -0.388 e. The Labute approximate surface area is 162 Å². The number of ether oxygens (including phenoxy) is 2. The van der Waals surface area contributed by atoms with Gasteiger partial charge >= 0.3 is 0 Å². The summed E-state index contributed by atoms with van der Waals surface area (Å²) >= 11 is 0. The van der Waals surface area contributed by atoms with Crippen LogP contribution in [0.1, 0.15) is 13.8 Å². The molecule has 2 aliphatic rings. The molecule has 28 heavy (non-hydrogen) atoms. The number of benzene rings is 1. The first-order chi connectivity index (χ1) is 13.2. The Morgan fingerprint density at radius 1 is 0.643 bits per heavy atom. The molecule has 10 nitrogen and oxygen atoms in total. The van der Waals surface area contributed by atoms with Gasteiger partial charge in [0.05, 0.1) is 12.2 Å². The van der Waals surface area contributed by atoms with E-state index in [0.29, 0.717) is 11.4 Å². The highest BCUT2D eigenvalue weighted by atomic mass is 16.6. The summed E-state index contributed by atoms with van der Waals surface area (Å²) in [5, 5.41) is 65.5. The maximum Gasteiger partial charge on any atom is 0.157 e. The summed E-state index contributed by atoms with van der Waals surface area (Å²) in [5.74, 6) is 0. The molecule has 2 saturated heterocycles. The quantitative estimate of drug-likeness (QED) is 0.288. The number of rotatable bonds is 4. The SMILES string of the molecule is C[C@@H]1OC(Nc2cccc(NC3O[C@H](C)C(O)C(O)C3O)c2)C(O)C(O)C1O. The molecule has 8 unspecified atom stereocenters. The Morgan fingerprint density at radius 3 is 1.43 bits per heavy atom. The first kappa shape index (κ1) is 21.2. The van der Waals surface area contributed by atoms with Gasteiger partial charge in [-0.3, -0.25) is 0 Å². The standard InChI is InChI=1S/C18H28N2O8/c1-7-11(21)13(23)15(25)17(27-7)19-9-4-3-5-10(6-9)20-18-16(26)14(24)12(22)8(2)28-18/h3-8,11-26H,1-2H3/t7-,8+,11?,12?,13?,14?,15?,16?,17?,18?. The van der Waals surface area contributed by atoms with Crippen LogP contribution in [-0.4, -0.2) is 91.9 Å². The lowest BCUT2D eigenvalue weighted by Crippen LogP contribution is -2.59. The number of aliphatic hydroxyl groups excluding tert-OH is 6. The Bertz CT molecular complexity index is 613. The number of hydrogen-bond donors (Lipinski definition) is 8. The smallest absolute Gasteiger partial charge is 0.157 e. The summed E-state index contributed by atoms with van der Waals surface area (Å²) < 4.78 is 11.0. The molecule has 0 spiro atoms. The summed E-state index contributed by atoms with van der Waals surface area (Å²) in [4.78, 5) is 0. The van der Waals surface area contributed by atoms with Gasteiger partial charge < -0.3 is 50.7 Å². The molecule has 0 aromatic heterocycles. The first-order valence-corrected chi connectivity index (χ1v) is 9.21. The fraction of sp³-hybridized carbons (Fsp3) is 0.667. The van der Waals surface area contributed by atoms with Crippen molar-refractivity contribution in [2.75, 3.05) is 10.6 Å². The van der Waals surface area contributed by atoms with Crippen molar-refractivity contribution >= 4 is 11.4 Å². The van der Waals surface area contributed by atoms with Crippen LogP contribution in [0.25, 0.3) is 0 Å². The molecular formula is C18H28N2O8. The zero-order valence-corrected chi connectivity index (χ0v) is 15.6. The summed E-state index contributed by atoms with van der Waals surface area (Å²) in [7, 11) is 0. The van der Waals surface area contributed by atoms with Gasteiger partial charge in [-0.2, -0.15) is 0 Å². The Morgan fingerprint density at radius 2 is 1.04 bits per heavy atom. The van der Waals surface area contributed by atoms with Crippen LogP contribution in [0.3, 0.4) is 0 Å². The van der Waals surface area contributed by atoms with Gasteiger partial charge in [0.15, 0.2) is 12.5 Å². The molecule has 0 amide bonds.